The SMILES string of the molecule is C#CC[SiH](C(OCC)OCC)C(OCC)OCC. The lowest BCUT2D eigenvalue weighted by molar-refractivity contribution is -0.119. The molecule has 0 aliphatic rings. The van der Waals surface area contributed by atoms with Gasteiger partial charge < -0.3 is 18.9 Å². The van der Waals surface area contributed by atoms with E-state index < -0.39 is 8.80 Å². The van der Waals surface area contributed by atoms with Crippen LogP contribution in [0.25, 0.3) is 0 Å². The molecule has 0 aliphatic heterocycles. The lowest BCUT2D eigenvalue weighted by atomic mass is 10.8. The summed E-state index contributed by atoms with van der Waals surface area (Å²) in [5.74, 6) is 2.20. The zero-order valence-corrected chi connectivity index (χ0v) is 13.1. The maximum absolute atomic E-state index is 5.65. The first kappa shape index (κ1) is 17.6. The Morgan fingerprint density at radius 3 is 1.39 bits per heavy atom. The summed E-state index contributed by atoms with van der Waals surface area (Å²) in [7, 11) is -1.66. The molecule has 0 aromatic rings. The van der Waals surface area contributed by atoms with Gasteiger partial charge in [-0.2, -0.15) is 0 Å². The molecule has 0 atom stereocenters. The molecule has 0 fully saturated rings. The van der Waals surface area contributed by atoms with Gasteiger partial charge in [-0.3, -0.25) is 0 Å². The molecule has 0 bridgehead atoms. The van der Waals surface area contributed by atoms with Crippen LogP contribution in [-0.2, 0) is 18.9 Å². The molecule has 4 nitrogen and oxygen atoms in total. The molecule has 5 heteroatoms. The largest absolute Gasteiger partial charge is 0.357 e. The van der Waals surface area contributed by atoms with Crippen molar-refractivity contribution in [1.29, 1.82) is 0 Å². The topological polar surface area (TPSA) is 36.9 Å². The first-order valence-corrected chi connectivity index (χ1v) is 8.79. The third-order valence-electron chi connectivity index (χ3n) is 2.38. The maximum Gasteiger partial charge on any atom is 0.184 e. The van der Waals surface area contributed by atoms with Crippen molar-refractivity contribution in [2.24, 2.45) is 0 Å². The van der Waals surface area contributed by atoms with E-state index in [4.69, 9.17) is 25.4 Å². The summed E-state index contributed by atoms with van der Waals surface area (Å²) >= 11 is 0. The monoisotopic (exact) mass is 274 g/mol. The zero-order valence-electron chi connectivity index (χ0n) is 12.0. The van der Waals surface area contributed by atoms with Crippen molar-refractivity contribution >= 4 is 8.80 Å². The fourth-order valence-corrected chi connectivity index (χ4v) is 4.38. The number of rotatable bonds is 11. The maximum atomic E-state index is 5.65. The standard InChI is InChI=1S/C13H26O4Si/c1-6-11-18(12(14-7-2)15-8-3)13(16-9-4)17-10-5/h1,12-13,18H,7-11H2,2-5H3. The van der Waals surface area contributed by atoms with E-state index in [0.29, 0.717) is 32.5 Å². The molecule has 0 aromatic heterocycles. The lowest BCUT2D eigenvalue weighted by Gasteiger charge is -2.30. The van der Waals surface area contributed by atoms with Gasteiger partial charge >= 0.3 is 0 Å². The van der Waals surface area contributed by atoms with Gasteiger partial charge in [-0.05, 0) is 27.7 Å². The molecular weight excluding hydrogens is 248 g/mol. The molecule has 0 heterocycles. The molecule has 0 aliphatic carbocycles. The van der Waals surface area contributed by atoms with Gasteiger partial charge in [-0.25, -0.2) is 0 Å². The van der Waals surface area contributed by atoms with Crippen molar-refractivity contribution < 1.29 is 18.9 Å². The Morgan fingerprint density at radius 1 is 0.833 bits per heavy atom. The Labute approximate surface area is 113 Å². The van der Waals surface area contributed by atoms with E-state index in [9.17, 15) is 0 Å². The van der Waals surface area contributed by atoms with E-state index in [0.717, 1.165) is 0 Å². The molecule has 0 saturated heterocycles. The Balaban J connectivity index is 4.76. The fraction of sp³-hybridized carbons (Fsp3) is 0.846. The predicted molar refractivity (Wildman–Crippen MR) is 74.9 cm³/mol. The molecule has 106 valence electrons. The van der Waals surface area contributed by atoms with E-state index in [-0.39, 0.29) is 11.8 Å². The van der Waals surface area contributed by atoms with Crippen molar-refractivity contribution in [3.05, 3.63) is 0 Å². The Morgan fingerprint density at radius 2 is 1.17 bits per heavy atom. The number of hydrogen-bond acceptors (Lipinski definition) is 4. The molecule has 0 unspecified atom stereocenters. The summed E-state index contributed by atoms with van der Waals surface area (Å²) in [6.07, 6.45) is 5.45. The van der Waals surface area contributed by atoms with Crippen LogP contribution in [0.15, 0.2) is 0 Å². The highest BCUT2D eigenvalue weighted by Gasteiger charge is 2.33. The van der Waals surface area contributed by atoms with Gasteiger partial charge in [0.2, 0.25) is 0 Å². The van der Waals surface area contributed by atoms with Gasteiger partial charge in [0.05, 0.1) is 0 Å². The summed E-state index contributed by atoms with van der Waals surface area (Å²) in [4.78, 5) is 0. The van der Waals surface area contributed by atoms with Gasteiger partial charge in [0, 0.05) is 32.5 Å². The van der Waals surface area contributed by atoms with Crippen LogP contribution in [0.5, 0.6) is 0 Å². The van der Waals surface area contributed by atoms with Crippen LogP contribution in [0.1, 0.15) is 27.7 Å². The molecule has 0 rings (SSSR count). The molecule has 0 aromatic carbocycles. The smallest absolute Gasteiger partial charge is 0.184 e. The number of terminal acetylenes is 1. The average molecular weight is 274 g/mol. The number of hydrogen-bond donors (Lipinski definition) is 0. The van der Waals surface area contributed by atoms with Crippen LogP contribution in [0.2, 0.25) is 6.04 Å². The first-order chi connectivity index (χ1) is 8.74. The highest BCUT2D eigenvalue weighted by atomic mass is 28.3. The quantitative estimate of drug-likeness (QED) is 0.327. The molecule has 0 amide bonds. The average Bonchev–Trinajstić information content (AvgIpc) is 2.36. The number of ether oxygens (including phenoxy) is 4. The summed E-state index contributed by atoms with van der Waals surface area (Å²) in [5.41, 5.74) is 0. The van der Waals surface area contributed by atoms with Gasteiger partial charge in [-0.15, -0.1) is 12.3 Å². The van der Waals surface area contributed by atoms with Gasteiger partial charge in [-0.1, -0.05) is 0 Å². The second-order valence-electron chi connectivity index (χ2n) is 3.63. The summed E-state index contributed by atoms with van der Waals surface area (Å²) in [5, 5.41) is 0. The first-order valence-electron chi connectivity index (χ1n) is 6.64. The second-order valence-corrected chi connectivity index (χ2v) is 6.45. The van der Waals surface area contributed by atoms with E-state index >= 15 is 0 Å². The minimum atomic E-state index is -1.66. The second kappa shape index (κ2) is 11.7. The van der Waals surface area contributed by atoms with Gasteiger partial charge in [0.1, 0.15) is 11.8 Å². The Bertz CT molecular complexity index is 202. The normalized spacial score (nSPS) is 11.4. The Kier molecular flexibility index (Phi) is 11.4. The molecule has 0 N–H and O–H groups in total. The zero-order chi connectivity index (χ0) is 13.8. The Hall–Kier alpha value is -0.383. The van der Waals surface area contributed by atoms with Crippen LogP contribution in [0.4, 0.5) is 0 Å². The minimum absolute atomic E-state index is 0.251. The molecule has 0 saturated carbocycles. The van der Waals surface area contributed by atoms with Crippen LogP contribution in [0.3, 0.4) is 0 Å². The molecular formula is C13H26O4Si. The molecule has 0 radical (unpaired) electrons. The lowest BCUT2D eigenvalue weighted by Crippen LogP contribution is -2.48. The highest BCUT2D eigenvalue weighted by molar-refractivity contribution is 6.61. The van der Waals surface area contributed by atoms with Crippen LogP contribution in [0, 0.1) is 12.3 Å². The predicted octanol–water partition coefficient (Wildman–Crippen LogP) is 1.72. The summed E-state index contributed by atoms with van der Waals surface area (Å²) in [6, 6.07) is 0.634. The van der Waals surface area contributed by atoms with Gasteiger partial charge in [0.15, 0.2) is 8.80 Å². The minimum Gasteiger partial charge on any atom is -0.357 e. The van der Waals surface area contributed by atoms with E-state index in [1.807, 2.05) is 27.7 Å². The van der Waals surface area contributed by atoms with Crippen molar-refractivity contribution in [1.82, 2.24) is 0 Å². The van der Waals surface area contributed by atoms with Crippen molar-refractivity contribution in [3.8, 4) is 12.3 Å². The fourth-order valence-electron chi connectivity index (χ4n) is 1.70. The molecule has 0 spiro atoms. The van der Waals surface area contributed by atoms with Crippen LogP contribution < -0.4 is 0 Å². The van der Waals surface area contributed by atoms with E-state index in [2.05, 4.69) is 5.92 Å². The third kappa shape index (κ3) is 6.52. The summed E-state index contributed by atoms with van der Waals surface area (Å²) < 4.78 is 22.6. The van der Waals surface area contributed by atoms with Crippen molar-refractivity contribution in [2.75, 3.05) is 26.4 Å². The summed E-state index contributed by atoms with van der Waals surface area (Å²) in [6.45, 7) is 10.2. The van der Waals surface area contributed by atoms with E-state index in [1.165, 1.54) is 0 Å². The van der Waals surface area contributed by atoms with Gasteiger partial charge in [0.25, 0.3) is 0 Å². The van der Waals surface area contributed by atoms with Crippen LogP contribution >= 0.6 is 0 Å². The molecule has 18 heavy (non-hydrogen) atoms. The van der Waals surface area contributed by atoms with Crippen LogP contribution in [-0.4, -0.2) is 47.1 Å². The van der Waals surface area contributed by atoms with Crippen molar-refractivity contribution in [3.63, 3.8) is 0 Å². The third-order valence-corrected chi connectivity index (χ3v) is 5.25. The van der Waals surface area contributed by atoms with Crippen molar-refractivity contribution in [2.45, 2.75) is 45.6 Å². The van der Waals surface area contributed by atoms with E-state index in [1.54, 1.807) is 0 Å². The highest BCUT2D eigenvalue weighted by Crippen LogP contribution is 2.14.